The van der Waals surface area contributed by atoms with Crippen LogP contribution in [0.15, 0.2) is 42.5 Å². The fourth-order valence-corrected chi connectivity index (χ4v) is 1.58. The molecule has 0 spiro atoms. The SMILES string of the molecule is CCCOc1ccc(Oc2ccc(N)c(N)c2)cc1. The van der Waals surface area contributed by atoms with E-state index in [1.165, 1.54) is 0 Å². The summed E-state index contributed by atoms with van der Waals surface area (Å²) in [6.45, 7) is 2.79. The van der Waals surface area contributed by atoms with E-state index in [0.29, 0.717) is 23.7 Å². The van der Waals surface area contributed by atoms with Crippen molar-refractivity contribution >= 4 is 11.4 Å². The fraction of sp³-hybridized carbons (Fsp3) is 0.200. The summed E-state index contributed by atoms with van der Waals surface area (Å²) >= 11 is 0. The third kappa shape index (κ3) is 3.55. The molecule has 4 heteroatoms. The summed E-state index contributed by atoms with van der Waals surface area (Å²) in [6, 6.07) is 12.7. The van der Waals surface area contributed by atoms with Gasteiger partial charge in [-0.15, -0.1) is 0 Å². The Bertz CT molecular complexity index is 538. The van der Waals surface area contributed by atoms with Crippen molar-refractivity contribution in [1.82, 2.24) is 0 Å². The second-order valence-electron chi connectivity index (χ2n) is 4.21. The lowest BCUT2D eigenvalue weighted by Gasteiger charge is -2.09. The number of hydrogen-bond acceptors (Lipinski definition) is 4. The molecule has 0 saturated carbocycles. The fourth-order valence-electron chi connectivity index (χ4n) is 1.58. The van der Waals surface area contributed by atoms with Crippen LogP contribution in [0.1, 0.15) is 13.3 Å². The van der Waals surface area contributed by atoms with Crippen molar-refractivity contribution in [2.24, 2.45) is 0 Å². The number of benzene rings is 2. The van der Waals surface area contributed by atoms with E-state index >= 15 is 0 Å². The average molecular weight is 258 g/mol. The molecule has 0 amide bonds. The molecule has 4 nitrogen and oxygen atoms in total. The van der Waals surface area contributed by atoms with Crippen LogP contribution in [0.4, 0.5) is 11.4 Å². The molecule has 0 radical (unpaired) electrons. The number of nitrogens with two attached hydrogens (primary N) is 2. The van der Waals surface area contributed by atoms with Gasteiger partial charge in [0, 0.05) is 6.07 Å². The minimum Gasteiger partial charge on any atom is -0.494 e. The van der Waals surface area contributed by atoms with E-state index in [1.54, 1.807) is 18.2 Å². The molecule has 4 N–H and O–H groups in total. The van der Waals surface area contributed by atoms with Crippen molar-refractivity contribution < 1.29 is 9.47 Å². The van der Waals surface area contributed by atoms with E-state index in [-0.39, 0.29) is 0 Å². The monoisotopic (exact) mass is 258 g/mol. The molecule has 0 fully saturated rings. The van der Waals surface area contributed by atoms with Crippen LogP contribution in [0.5, 0.6) is 17.2 Å². The van der Waals surface area contributed by atoms with Gasteiger partial charge in [-0.25, -0.2) is 0 Å². The normalized spacial score (nSPS) is 10.2. The minimum absolute atomic E-state index is 0.514. The molecule has 100 valence electrons. The zero-order valence-corrected chi connectivity index (χ0v) is 10.9. The summed E-state index contributed by atoms with van der Waals surface area (Å²) in [5.41, 5.74) is 12.4. The molecule has 2 aromatic rings. The van der Waals surface area contributed by atoms with Crippen molar-refractivity contribution in [2.45, 2.75) is 13.3 Å². The predicted octanol–water partition coefficient (Wildman–Crippen LogP) is 3.43. The number of nitrogen functional groups attached to an aromatic ring is 2. The van der Waals surface area contributed by atoms with Gasteiger partial charge in [0.15, 0.2) is 0 Å². The zero-order valence-electron chi connectivity index (χ0n) is 10.9. The van der Waals surface area contributed by atoms with Crippen LogP contribution in [-0.2, 0) is 0 Å². The van der Waals surface area contributed by atoms with Gasteiger partial charge in [-0.3, -0.25) is 0 Å². The van der Waals surface area contributed by atoms with Gasteiger partial charge in [0.25, 0.3) is 0 Å². The number of hydrogen-bond donors (Lipinski definition) is 2. The standard InChI is InChI=1S/C15H18N2O2/c1-2-9-18-11-3-5-12(6-4-11)19-13-7-8-14(16)15(17)10-13/h3-8,10H,2,9,16-17H2,1H3. The molecule has 2 aromatic carbocycles. The van der Waals surface area contributed by atoms with Gasteiger partial charge in [0.2, 0.25) is 0 Å². The summed E-state index contributed by atoms with van der Waals surface area (Å²) in [7, 11) is 0. The Hall–Kier alpha value is -2.36. The molecule has 0 aliphatic heterocycles. The Morgan fingerprint density at radius 3 is 2.11 bits per heavy atom. The number of ether oxygens (including phenoxy) is 2. The molecule has 2 rings (SSSR count). The van der Waals surface area contributed by atoms with Crippen molar-refractivity contribution in [1.29, 1.82) is 0 Å². The second-order valence-corrected chi connectivity index (χ2v) is 4.21. The van der Waals surface area contributed by atoms with Gasteiger partial charge >= 0.3 is 0 Å². The van der Waals surface area contributed by atoms with Crippen LogP contribution in [0.3, 0.4) is 0 Å². The van der Waals surface area contributed by atoms with Gasteiger partial charge in [-0.05, 0) is 42.8 Å². The van der Waals surface area contributed by atoms with Crippen LogP contribution in [0.2, 0.25) is 0 Å². The van der Waals surface area contributed by atoms with Crippen molar-refractivity contribution in [2.75, 3.05) is 18.1 Å². The van der Waals surface area contributed by atoms with Gasteiger partial charge in [0.05, 0.1) is 18.0 Å². The molecule has 0 heterocycles. The second kappa shape index (κ2) is 6.00. The summed E-state index contributed by atoms with van der Waals surface area (Å²) in [4.78, 5) is 0. The molecule has 0 saturated heterocycles. The maximum atomic E-state index is 5.73. The van der Waals surface area contributed by atoms with E-state index in [4.69, 9.17) is 20.9 Å². The third-order valence-corrected chi connectivity index (χ3v) is 2.59. The lowest BCUT2D eigenvalue weighted by molar-refractivity contribution is 0.317. The van der Waals surface area contributed by atoms with Crippen LogP contribution < -0.4 is 20.9 Å². The zero-order chi connectivity index (χ0) is 13.7. The molecule has 0 atom stereocenters. The maximum absolute atomic E-state index is 5.73. The summed E-state index contributed by atoms with van der Waals surface area (Å²) < 4.78 is 11.2. The first kappa shape index (κ1) is 13.1. The van der Waals surface area contributed by atoms with Crippen LogP contribution in [0, 0.1) is 0 Å². The highest BCUT2D eigenvalue weighted by Crippen LogP contribution is 2.27. The van der Waals surface area contributed by atoms with E-state index in [1.807, 2.05) is 24.3 Å². The Balaban J connectivity index is 2.04. The first-order chi connectivity index (χ1) is 9.19. The predicted molar refractivity (Wildman–Crippen MR) is 77.6 cm³/mol. The Morgan fingerprint density at radius 2 is 1.47 bits per heavy atom. The van der Waals surface area contributed by atoms with Gasteiger partial charge < -0.3 is 20.9 Å². The van der Waals surface area contributed by atoms with Gasteiger partial charge in [-0.2, -0.15) is 0 Å². The average Bonchev–Trinajstić information content (AvgIpc) is 2.42. The first-order valence-electron chi connectivity index (χ1n) is 6.24. The van der Waals surface area contributed by atoms with Crippen molar-refractivity contribution in [3.05, 3.63) is 42.5 Å². The summed E-state index contributed by atoms with van der Waals surface area (Å²) in [6.07, 6.45) is 0.989. The highest BCUT2D eigenvalue weighted by molar-refractivity contribution is 5.65. The van der Waals surface area contributed by atoms with Crippen molar-refractivity contribution in [3.63, 3.8) is 0 Å². The highest BCUT2D eigenvalue weighted by Gasteiger charge is 2.01. The summed E-state index contributed by atoms with van der Waals surface area (Å²) in [5, 5.41) is 0. The number of rotatable bonds is 5. The lowest BCUT2D eigenvalue weighted by atomic mass is 10.2. The molecule has 0 aliphatic rings. The molecular weight excluding hydrogens is 240 g/mol. The van der Waals surface area contributed by atoms with E-state index in [9.17, 15) is 0 Å². The minimum atomic E-state index is 0.514. The van der Waals surface area contributed by atoms with E-state index < -0.39 is 0 Å². The topological polar surface area (TPSA) is 70.5 Å². The van der Waals surface area contributed by atoms with Gasteiger partial charge in [0.1, 0.15) is 17.2 Å². The van der Waals surface area contributed by atoms with Crippen LogP contribution in [-0.4, -0.2) is 6.61 Å². The number of anilines is 2. The summed E-state index contributed by atoms with van der Waals surface area (Å²) in [5.74, 6) is 2.23. The molecular formula is C15H18N2O2. The molecule has 0 bridgehead atoms. The third-order valence-electron chi connectivity index (χ3n) is 2.59. The quantitative estimate of drug-likeness (QED) is 0.806. The largest absolute Gasteiger partial charge is 0.494 e. The first-order valence-corrected chi connectivity index (χ1v) is 6.24. The molecule has 19 heavy (non-hydrogen) atoms. The van der Waals surface area contributed by atoms with Crippen molar-refractivity contribution in [3.8, 4) is 17.2 Å². The van der Waals surface area contributed by atoms with E-state index in [2.05, 4.69) is 6.92 Å². The Labute approximate surface area is 112 Å². The highest BCUT2D eigenvalue weighted by atomic mass is 16.5. The van der Waals surface area contributed by atoms with Gasteiger partial charge in [-0.1, -0.05) is 6.92 Å². The van der Waals surface area contributed by atoms with E-state index in [0.717, 1.165) is 17.9 Å². The van der Waals surface area contributed by atoms with Crippen LogP contribution in [0.25, 0.3) is 0 Å². The maximum Gasteiger partial charge on any atom is 0.129 e. The lowest BCUT2D eigenvalue weighted by Crippen LogP contribution is -1.95. The Morgan fingerprint density at radius 1 is 0.842 bits per heavy atom. The molecule has 0 aliphatic carbocycles. The molecule has 0 aromatic heterocycles. The smallest absolute Gasteiger partial charge is 0.129 e. The molecule has 0 unspecified atom stereocenters. The van der Waals surface area contributed by atoms with Crippen LogP contribution >= 0.6 is 0 Å². The Kier molecular flexibility index (Phi) is 4.13.